The number of hydrogen-bond acceptors (Lipinski definition) is 4. The van der Waals surface area contributed by atoms with Crippen LogP contribution in [0.5, 0.6) is 0 Å². The van der Waals surface area contributed by atoms with E-state index in [1.165, 1.54) is 0 Å². The molecule has 134 valence electrons. The van der Waals surface area contributed by atoms with E-state index in [4.69, 9.17) is 0 Å². The fourth-order valence-corrected chi connectivity index (χ4v) is 3.43. The molecule has 6 heteroatoms. The SMILES string of the molecule is CNc1ccc2ncc(-c3cccc(NC(=O)C4CCNCC4)c3)n2c1. The maximum atomic E-state index is 12.5. The average molecular weight is 349 g/mol. The van der Waals surface area contributed by atoms with E-state index >= 15 is 0 Å². The monoisotopic (exact) mass is 349 g/mol. The molecule has 0 spiro atoms. The number of nitrogens with zero attached hydrogens (tertiary/aromatic N) is 2. The topological polar surface area (TPSA) is 70.5 Å². The van der Waals surface area contributed by atoms with Crippen LogP contribution in [0.2, 0.25) is 0 Å². The molecule has 0 unspecified atom stereocenters. The van der Waals surface area contributed by atoms with Crippen LogP contribution in [0, 0.1) is 5.92 Å². The molecule has 1 aliphatic heterocycles. The molecule has 0 atom stereocenters. The fourth-order valence-electron chi connectivity index (χ4n) is 3.43. The van der Waals surface area contributed by atoms with E-state index in [-0.39, 0.29) is 11.8 Å². The molecule has 1 amide bonds. The van der Waals surface area contributed by atoms with Gasteiger partial charge in [-0.05, 0) is 50.2 Å². The molecule has 0 bridgehead atoms. The highest BCUT2D eigenvalue weighted by molar-refractivity contribution is 5.93. The van der Waals surface area contributed by atoms with E-state index in [1.807, 2.05) is 55.8 Å². The highest BCUT2D eigenvalue weighted by Crippen LogP contribution is 2.25. The van der Waals surface area contributed by atoms with Crippen LogP contribution in [0.4, 0.5) is 11.4 Å². The normalized spacial score (nSPS) is 15.1. The van der Waals surface area contributed by atoms with Crippen LogP contribution in [-0.4, -0.2) is 35.4 Å². The lowest BCUT2D eigenvalue weighted by Crippen LogP contribution is -2.34. The summed E-state index contributed by atoms with van der Waals surface area (Å²) in [5.74, 6) is 0.202. The van der Waals surface area contributed by atoms with Crippen molar-refractivity contribution < 1.29 is 4.79 Å². The summed E-state index contributed by atoms with van der Waals surface area (Å²) in [6.07, 6.45) is 5.68. The number of carbonyl (C=O) groups is 1. The fraction of sp³-hybridized carbons (Fsp3) is 0.300. The summed E-state index contributed by atoms with van der Waals surface area (Å²) in [5, 5.41) is 9.52. The number of fused-ring (bicyclic) bond motifs is 1. The molecule has 0 aliphatic carbocycles. The molecule has 1 aromatic carbocycles. The van der Waals surface area contributed by atoms with Crippen LogP contribution < -0.4 is 16.0 Å². The zero-order valence-electron chi connectivity index (χ0n) is 14.8. The quantitative estimate of drug-likeness (QED) is 0.677. The first-order chi connectivity index (χ1) is 12.7. The first-order valence-electron chi connectivity index (χ1n) is 9.01. The van der Waals surface area contributed by atoms with Gasteiger partial charge in [0.25, 0.3) is 0 Å². The Labute approximate surface area is 152 Å². The predicted molar refractivity (Wildman–Crippen MR) is 104 cm³/mol. The lowest BCUT2D eigenvalue weighted by molar-refractivity contribution is -0.120. The standard InChI is InChI=1S/C20H23N5O/c1-21-17-5-6-19-23-12-18(25(19)13-17)15-3-2-4-16(11-15)24-20(26)14-7-9-22-10-8-14/h2-6,11-14,21-22H,7-10H2,1H3,(H,24,26). The lowest BCUT2D eigenvalue weighted by atomic mass is 9.97. The van der Waals surface area contributed by atoms with Crippen molar-refractivity contribution in [3.05, 3.63) is 48.8 Å². The van der Waals surface area contributed by atoms with Crippen molar-refractivity contribution in [2.24, 2.45) is 5.92 Å². The third-order valence-corrected chi connectivity index (χ3v) is 4.93. The second kappa shape index (κ2) is 7.17. The van der Waals surface area contributed by atoms with Crippen LogP contribution in [0.25, 0.3) is 16.9 Å². The van der Waals surface area contributed by atoms with Crippen molar-refractivity contribution in [2.45, 2.75) is 12.8 Å². The van der Waals surface area contributed by atoms with Crippen molar-refractivity contribution in [1.82, 2.24) is 14.7 Å². The van der Waals surface area contributed by atoms with Gasteiger partial charge in [0, 0.05) is 30.4 Å². The lowest BCUT2D eigenvalue weighted by Gasteiger charge is -2.21. The Bertz CT molecular complexity index is 927. The summed E-state index contributed by atoms with van der Waals surface area (Å²) >= 11 is 0. The van der Waals surface area contributed by atoms with E-state index in [9.17, 15) is 4.79 Å². The zero-order valence-corrected chi connectivity index (χ0v) is 14.8. The summed E-state index contributed by atoms with van der Waals surface area (Å²) < 4.78 is 2.06. The van der Waals surface area contributed by atoms with E-state index in [0.29, 0.717) is 0 Å². The molecule has 2 aromatic heterocycles. The first-order valence-corrected chi connectivity index (χ1v) is 9.01. The smallest absolute Gasteiger partial charge is 0.227 e. The van der Waals surface area contributed by atoms with Crippen molar-refractivity contribution in [1.29, 1.82) is 0 Å². The van der Waals surface area contributed by atoms with Gasteiger partial charge in [0.15, 0.2) is 0 Å². The van der Waals surface area contributed by atoms with E-state index < -0.39 is 0 Å². The number of rotatable bonds is 4. The molecule has 6 nitrogen and oxygen atoms in total. The van der Waals surface area contributed by atoms with Gasteiger partial charge in [-0.15, -0.1) is 0 Å². The van der Waals surface area contributed by atoms with Crippen LogP contribution in [0.3, 0.4) is 0 Å². The van der Waals surface area contributed by atoms with Crippen molar-refractivity contribution in [3.63, 3.8) is 0 Å². The first kappa shape index (κ1) is 16.6. The highest BCUT2D eigenvalue weighted by atomic mass is 16.1. The highest BCUT2D eigenvalue weighted by Gasteiger charge is 2.21. The zero-order chi connectivity index (χ0) is 17.9. The third-order valence-electron chi connectivity index (χ3n) is 4.93. The molecule has 1 fully saturated rings. The van der Waals surface area contributed by atoms with Gasteiger partial charge in [0.05, 0.1) is 17.6 Å². The molecular weight excluding hydrogens is 326 g/mol. The van der Waals surface area contributed by atoms with Gasteiger partial charge in [-0.3, -0.25) is 9.20 Å². The van der Waals surface area contributed by atoms with Gasteiger partial charge in [0.1, 0.15) is 5.65 Å². The Balaban J connectivity index is 1.60. The Hall–Kier alpha value is -2.86. The summed E-state index contributed by atoms with van der Waals surface area (Å²) in [7, 11) is 1.90. The third kappa shape index (κ3) is 3.28. The Morgan fingerprint density at radius 2 is 2.04 bits per heavy atom. The van der Waals surface area contributed by atoms with Gasteiger partial charge < -0.3 is 16.0 Å². The van der Waals surface area contributed by atoms with Crippen LogP contribution in [0.1, 0.15) is 12.8 Å². The molecule has 0 saturated carbocycles. The average Bonchev–Trinajstić information content (AvgIpc) is 3.12. The summed E-state index contributed by atoms with van der Waals surface area (Å²) in [5.41, 5.74) is 4.75. The number of piperidine rings is 1. The molecule has 26 heavy (non-hydrogen) atoms. The number of carbonyl (C=O) groups excluding carboxylic acids is 1. The number of amides is 1. The molecule has 3 heterocycles. The minimum atomic E-state index is 0.0916. The van der Waals surface area contributed by atoms with E-state index in [2.05, 4.69) is 25.3 Å². The number of imidazole rings is 1. The number of nitrogens with one attached hydrogen (secondary N) is 3. The second-order valence-electron chi connectivity index (χ2n) is 6.63. The Morgan fingerprint density at radius 3 is 2.85 bits per heavy atom. The number of anilines is 2. The minimum Gasteiger partial charge on any atom is -0.387 e. The van der Waals surface area contributed by atoms with Crippen LogP contribution in [0.15, 0.2) is 48.8 Å². The number of pyridine rings is 1. The predicted octanol–water partition coefficient (Wildman–Crippen LogP) is 2.98. The molecule has 0 radical (unpaired) electrons. The number of hydrogen-bond donors (Lipinski definition) is 3. The summed E-state index contributed by atoms with van der Waals surface area (Å²) in [4.78, 5) is 17.0. The molecule has 3 N–H and O–H groups in total. The maximum absolute atomic E-state index is 12.5. The number of aromatic nitrogens is 2. The molecule has 3 aromatic rings. The molecule has 1 aliphatic rings. The van der Waals surface area contributed by atoms with Crippen molar-refractivity contribution in [2.75, 3.05) is 30.8 Å². The molecular formula is C20H23N5O. The van der Waals surface area contributed by atoms with Gasteiger partial charge in [-0.1, -0.05) is 12.1 Å². The van der Waals surface area contributed by atoms with E-state index in [1.54, 1.807) is 0 Å². The molecule has 1 saturated heterocycles. The van der Waals surface area contributed by atoms with Crippen LogP contribution in [-0.2, 0) is 4.79 Å². The molecule has 4 rings (SSSR count). The van der Waals surface area contributed by atoms with Gasteiger partial charge in [0.2, 0.25) is 5.91 Å². The van der Waals surface area contributed by atoms with Gasteiger partial charge >= 0.3 is 0 Å². The maximum Gasteiger partial charge on any atom is 0.227 e. The van der Waals surface area contributed by atoms with Gasteiger partial charge in [-0.2, -0.15) is 0 Å². The minimum absolute atomic E-state index is 0.0916. The number of benzene rings is 1. The Morgan fingerprint density at radius 1 is 1.19 bits per heavy atom. The van der Waals surface area contributed by atoms with Crippen molar-refractivity contribution in [3.8, 4) is 11.3 Å². The van der Waals surface area contributed by atoms with E-state index in [0.717, 1.165) is 54.2 Å². The van der Waals surface area contributed by atoms with Crippen molar-refractivity contribution >= 4 is 22.9 Å². The van der Waals surface area contributed by atoms with Crippen LogP contribution >= 0.6 is 0 Å². The summed E-state index contributed by atoms with van der Waals surface area (Å²) in [6, 6.07) is 11.9. The Kier molecular flexibility index (Phi) is 4.58. The summed E-state index contributed by atoms with van der Waals surface area (Å²) in [6.45, 7) is 1.82. The largest absolute Gasteiger partial charge is 0.387 e. The van der Waals surface area contributed by atoms with Gasteiger partial charge in [-0.25, -0.2) is 4.98 Å². The second-order valence-corrected chi connectivity index (χ2v) is 6.63.